The lowest BCUT2D eigenvalue weighted by molar-refractivity contribution is -0.125. The molecule has 0 atom stereocenters. The number of nitrogens with two attached hydrogens (primary N) is 1. The van der Waals surface area contributed by atoms with Crippen molar-refractivity contribution in [3.8, 4) is 11.5 Å². The largest absolute Gasteiger partial charge is 0.493 e. The summed E-state index contributed by atoms with van der Waals surface area (Å²) in [4.78, 5) is 25.5. The smallest absolute Gasteiger partial charge is 0.261 e. The van der Waals surface area contributed by atoms with Gasteiger partial charge in [0.2, 0.25) is 0 Å². The normalized spacial score (nSPS) is 14.8. The average molecular weight is 452 g/mol. The molecule has 9 heteroatoms. The molecule has 0 aliphatic carbocycles. The van der Waals surface area contributed by atoms with Crippen molar-refractivity contribution >= 4 is 24.3 Å². The Morgan fingerprint density at radius 2 is 2.06 bits per heavy atom. The van der Waals surface area contributed by atoms with Gasteiger partial charge in [0, 0.05) is 24.1 Å². The predicted molar refractivity (Wildman–Crippen MR) is 128 cm³/mol. The van der Waals surface area contributed by atoms with E-state index < -0.39 is 0 Å². The van der Waals surface area contributed by atoms with E-state index in [4.69, 9.17) is 20.0 Å². The third kappa shape index (κ3) is 6.80. The van der Waals surface area contributed by atoms with Crippen LogP contribution in [0.4, 0.5) is 0 Å². The zero-order chi connectivity index (χ0) is 23.7. The molecule has 0 bridgehead atoms. The van der Waals surface area contributed by atoms with Crippen LogP contribution in [0.3, 0.4) is 0 Å². The Kier molecular flexibility index (Phi) is 8.01. The van der Waals surface area contributed by atoms with Gasteiger partial charge in [0.15, 0.2) is 18.1 Å². The van der Waals surface area contributed by atoms with Gasteiger partial charge in [0.1, 0.15) is 17.7 Å². The van der Waals surface area contributed by atoms with Crippen LogP contribution in [0.25, 0.3) is 0 Å². The minimum Gasteiger partial charge on any atom is -0.493 e. The monoisotopic (exact) mass is 451 g/mol. The molecule has 2 aromatic rings. The highest BCUT2D eigenvalue weighted by Gasteiger charge is 2.33. The molecule has 1 aliphatic heterocycles. The molecule has 9 nitrogen and oxygen atoms in total. The lowest BCUT2D eigenvalue weighted by Gasteiger charge is -2.17. The lowest BCUT2D eigenvalue weighted by Crippen LogP contribution is -2.26. The van der Waals surface area contributed by atoms with Crippen LogP contribution in [-0.4, -0.2) is 50.2 Å². The fourth-order valence-electron chi connectivity index (χ4n) is 3.40. The Bertz CT molecular complexity index is 1050. The molecule has 0 saturated heterocycles. The number of methoxy groups -OCH3 is 1. The summed E-state index contributed by atoms with van der Waals surface area (Å²) < 4.78 is 11.6. The number of aliphatic imine (C=N–C) groups is 2. The lowest BCUT2D eigenvalue weighted by atomic mass is 9.98. The number of oxime groups is 1. The van der Waals surface area contributed by atoms with Gasteiger partial charge in [0.25, 0.3) is 5.91 Å². The summed E-state index contributed by atoms with van der Waals surface area (Å²) in [6.07, 6.45) is 3.20. The molecule has 1 aliphatic rings. The second-order valence-corrected chi connectivity index (χ2v) is 8.03. The van der Waals surface area contributed by atoms with Crippen LogP contribution < -0.4 is 20.5 Å². The number of benzene rings is 2. The summed E-state index contributed by atoms with van der Waals surface area (Å²) in [6.45, 7) is 4.41. The predicted octanol–water partition coefficient (Wildman–Crippen LogP) is 2.46. The molecule has 174 valence electrons. The highest BCUT2D eigenvalue weighted by molar-refractivity contribution is 6.03. The van der Waals surface area contributed by atoms with Gasteiger partial charge < -0.3 is 25.4 Å². The Morgan fingerprint density at radius 1 is 1.27 bits per heavy atom. The molecule has 33 heavy (non-hydrogen) atoms. The van der Waals surface area contributed by atoms with Crippen LogP contribution in [0.5, 0.6) is 11.5 Å². The molecular formula is C24H29N5O4. The maximum Gasteiger partial charge on any atom is 0.261 e. The minimum absolute atomic E-state index is 0.176. The number of carbonyl (C=O) groups excluding carboxylic acids is 1. The van der Waals surface area contributed by atoms with Gasteiger partial charge in [-0.25, -0.2) is 4.99 Å². The van der Waals surface area contributed by atoms with Gasteiger partial charge in [-0.2, -0.15) is 0 Å². The van der Waals surface area contributed by atoms with Crippen molar-refractivity contribution in [3.05, 3.63) is 59.2 Å². The molecule has 0 unspecified atom stereocenters. The number of amides is 1. The van der Waals surface area contributed by atoms with E-state index >= 15 is 0 Å². The first-order valence-electron chi connectivity index (χ1n) is 10.5. The number of ether oxygens (including phenoxy) is 2. The number of hydrogen-bond donors (Lipinski definition) is 2. The second kappa shape index (κ2) is 11.1. The third-order valence-corrected chi connectivity index (χ3v) is 4.86. The third-order valence-electron chi connectivity index (χ3n) is 4.86. The van der Waals surface area contributed by atoms with Crippen LogP contribution in [-0.2, 0) is 22.6 Å². The fraction of sp³-hybridized carbons (Fsp3) is 0.333. The topological polar surface area (TPSA) is 120 Å². The highest BCUT2D eigenvalue weighted by atomic mass is 16.6. The van der Waals surface area contributed by atoms with Crippen molar-refractivity contribution in [1.82, 2.24) is 5.32 Å². The molecule has 0 radical (unpaired) electrons. The Labute approximate surface area is 193 Å². The summed E-state index contributed by atoms with van der Waals surface area (Å²) in [7, 11) is 1.59. The number of carbonyl (C=O) groups is 1. The van der Waals surface area contributed by atoms with Gasteiger partial charge in [-0.1, -0.05) is 35.5 Å². The summed E-state index contributed by atoms with van der Waals surface area (Å²) >= 11 is 0. The number of rotatable bonds is 10. The Morgan fingerprint density at radius 3 is 2.79 bits per heavy atom. The standard InChI is InChI=1S/C24H29N5O4/c1-24(2)11-19-9-18(10-21(31-3)23(19)33-24)20(13-26-16-27-15-25)29-32-14-22(30)28-12-17-7-5-4-6-8-17/h4-10,15-16H,11-14H2,1-3H3,(H,28,30)(H2,25,26,27). The summed E-state index contributed by atoms with van der Waals surface area (Å²) in [5.41, 5.74) is 8.20. The van der Waals surface area contributed by atoms with Crippen molar-refractivity contribution in [2.24, 2.45) is 20.9 Å². The molecule has 2 aromatic carbocycles. The van der Waals surface area contributed by atoms with Crippen molar-refractivity contribution in [2.45, 2.75) is 32.4 Å². The molecule has 0 fully saturated rings. The van der Waals surface area contributed by atoms with E-state index in [2.05, 4.69) is 20.5 Å². The van der Waals surface area contributed by atoms with E-state index in [0.717, 1.165) is 35.2 Å². The quantitative estimate of drug-likeness (QED) is 0.327. The molecule has 3 rings (SSSR count). The highest BCUT2D eigenvalue weighted by Crippen LogP contribution is 2.42. The van der Waals surface area contributed by atoms with E-state index in [1.54, 1.807) is 7.11 Å². The van der Waals surface area contributed by atoms with Gasteiger partial charge in [0.05, 0.1) is 20.0 Å². The first-order chi connectivity index (χ1) is 15.9. The number of nitrogens with zero attached hydrogens (tertiary/aromatic N) is 3. The maximum absolute atomic E-state index is 12.2. The number of nitrogens with one attached hydrogen (secondary N) is 1. The van der Waals surface area contributed by atoms with Crippen LogP contribution in [0.1, 0.15) is 30.5 Å². The fourth-order valence-corrected chi connectivity index (χ4v) is 3.40. The molecular weight excluding hydrogens is 422 g/mol. The van der Waals surface area contributed by atoms with Gasteiger partial charge in [-0.05, 0) is 31.5 Å². The molecule has 1 amide bonds. The van der Waals surface area contributed by atoms with Crippen molar-refractivity contribution in [3.63, 3.8) is 0 Å². The number of fused-ring (bicyclic) bond motifs is 1. The summed E-state index contributed by atoms with van der Waals surface area (Å²) in [5, 5.41) is 6.99. The van der Waals surface area contributed by atoms with Crippen LogP contribution in [0.15, 0.2) is 57.6 Å². The zero-order valence-corrected chi connectivity index (χ0v) is 19.1. The minimum atomic E-state index is -0.327. The van der Waals surface area contributed by atoms with E-state index in [0.29, 0.717) is 18.0 Å². The summed E-state index contributed by atoms with van der Waals surface area (Å²) in [6, 6.07) is 13.4. The van der Waals surface area contributed by atoms with Gasteiger partial charge >= 0.3 is 0 Å². The SMILES string of the molecule is COc1cc(C(CN=CN=CN)=NOCC(=O)NCc2ccccc2)cc2c1OC(C)(C)C2. The molecule has 0 saturated carbocycles. The molecule has 1 heterocycles. The van der Waals surface area contributed by atoms with E-state index in [1.807, 2.05) is 56.3 Å². The van der Waals surface area contributed by atoms with E-state index in [9.17, 15) is 4.79 Å². The van der Waals surface area contributed by atoms with Gasteiger partial charge in [-0.3, -0.25) is 9.79 Å². The van der Waals surface area contributed by atoms with Gasteiger partial charge in [-0.15, -0.1) is 0 Å². The Balaban J connectivity index is 1.73. The first kappa shape index (κ1) is 23.8. The average Bonchev–Trinajstić information content (AvgIpc) is 3.13. The van der Waals surface area contributed by atoms with Crippen LogP contribution >= 0.6 is 0 Å². The zero-order valence-electron chi connectivity index (χ0n) is 19.1. The molecule has 0 aromatic heterocycles. The van der Waals surface area contributed by atoms with Crippen LogP contribution in [0.2, 0.25) is 0 Å². The van der Waals surface area contributed by atoms with E-state index in [1.165, 1.54) is 6.34 Å². The summed E-state index contributed by atoms with van der Waals surface area (Å²) in [5.74, 6) is 1.05. The van der Waals surface area contributed by atoms with Crippen LogP contribution in [0, 0.1) is 0 Å². The molecule has 3 N–H and O–H groups in total. The second-order valence-electron chi connectivity index (χ2n) is 8.03. The van der Waals surface area contributed by atoms with Crippen molar-refractivity contribution < 1.29 is 19.1 Å². The van der Waals surface area contributed by atoms with Crippen molar-refractivity contribution in [2.75, 3.05) is 20.3 Å². The maximum atomic E-state index is 12.2. The Hall–Kier alpha value is -3.88. The molecule has 0 spiro atoms. The van der Waals surface area contributed by atoms with Crippen molar-refractivity contribution in [1.29, 1.82) is 0 Å². The van der Waals surface area contributed by atoms with E-state index in [-0.39, 0.29) is 24.7 Å². The first-order valence-corrected chi connectivity index (χ1v) is 10.5. The number of hydrogen-bond acceptors (Lipinski definition) is 6.